The lowest BCUT2D eigenvalue weighted by Gasteiger charge is -2.44. The third-order valence-electron chi connectivity index (χ3n) is 7.39. The molecule has 198 valence electrons. The topological polar surface area (TPSA) is 68.2 Å². The van der Waals surface area contributed by atoms with Gasteiger partial charge in [-0.2, -0.15) is 0 Å². The van der Waals surface area contributed by atoms with Crippen LogP contribution in [-0.4, -0.2) is 60.2 Å². The molecule has 2 aromatic rings. The lowest BCUT2D eigenvalue weighted by Crippen LogP contribution is -2.57. The Hall–Kier alpha value is -1.41. The molecule has 4 rings (SSSR count). The molecule has 36 heavy (non-hydrogen) atoms. The summed E-state index contributed by atoms with van der Waals surface area (Å²) >= 11 is 1.90. The molecule has 1 fully saturated rings. The molecule has 2 aliphatic rings. The maximum Gasteiger partial charge on any atom is 0.117 e. The van der Waals surface area contributed by atoms with E-state index in [-0.39, 0.29) is 6.61 Å². The number of fused-ring (bicyclic) bond motifs is 1. The fraction of sp³-hybridized carbons (Fsp3) is 0.600. The summed E-state index contributed by atoms with van der Waals surface area (Å²) < 4.78 is 18.9. The Labute approximate surface area is 220 Å². The highest BCUT2D eigenvalue weighted by Crippen LogP contribution is 2.45. The van der Waals surface area contributed by atoms with Crippen LogP contribution in [0.3, 0.4) is 0 Å². The van der Waals surface area contributed by atoms with Gasteiger partial charge in [0.05, 0.1) is 6.61 Å². The third kappa shape index (κ3) is 6.17. The number of rotatable bonds is 12. The van der Waals surface area contributed by atoms with Crippen molar-refractivity contribution in [1.29, 1.82) is 0 Å². The van der Waals surface area contributed by atoms with Gasteiger partial charge in [0.1, 0.15) is 30.5 Å². The van der Waals surface area contributed by atoms with Crippen molar-refractivity contribution in [1.82, 2.24) is 0 Å². The van der Waals surface area contributed by atoms with Crippen LogP contribution in [0.1, 0.15) is 80.7 Å². The van der Waals surface area contributed by atoms with Crippen LogP contribution in [0.5, 0.6) is 0 Å². The van der Waals surface area contributed by atoms with Gasteiger partial charge in [0, 0.05) is 29.8 Å². The van der Waals surface area contributed by atoms with Gasteiger partial charge in [0.15, 0.2) is 0 Å². The first-order chi connectivity index (χ1) is 17.6. The van der Waals surface area contributed by atoms with E-state index in [1.165, 1.54) is 21.6 Å². The van der Waals surface area contributed by atoms with Gasteiger partial charge < -0.3 is 24.4 Å². The molecule has 0 saturated carbocycles. The van der Waals surface area contributed by atoms with Crippen LogP contribution in [0.25, 0.3) is 0 Å². The van der Waals surface area contributed by atoms with Crippen LogP contribution in [0.4, 0.5) is 0 Å². The largest absolute Gasteiger partial charge is 0.394 e. The Morgan fingerprint density at radius 1 is 0.917 bits per heavy atom. The molecule has 0 amide bonds. The molecular formula is C30H42O5S. The van der Waals surface area contributed by atoms with Crippen molar-refractivity contribution in [3.05, 3.63) is 64.7 Å². The molecule has 2 N–H and O–H groups in total. The van der Waals surface area contributed by atoms with Crippen LogP contribution in [0.15, 0.2) is 47.4 Å². The molecule has 5 nitrogen and oxygen atoms in total. The summed E-state index contributed by atoms with van der Waals surface area (Å²) in [4.78, 5) is 1.30. The average Bonchev–Trinajstić information content (AvgIpc) is 3.33. The summed E-state index contributed by atoms with van der Waals surface area (Å²) in [5.74, 6) is 1.35. The Kier molecular flexibility index (Phi) is 10.3. The molecular weight excluding hydrogens is 472 g/mol. The number of hydrogen-bond acceptors (Lipinski definition) is 6. The Morgan fingerprint density at radius 2 is 1.58 bits per heavy atom. The van der Waals surface area contributed by atoms with Crippen LogP contribution < -0.4 is 0 Å². The van der Waals surface area contributed by atoms with E-state index in [0.29, 0.717) is 19.1 Å². The minimum Gasteiger partial charge on any atom is -0.394 e. The van der Waals surface area contributed by atoms with E-state index in [0.717, 1.165) is 43.4 Å². The van der Waals surface area contributed by atoms with Crippen molar-refractivity contribution in [3.63, 3.8) is 0 Å². The van der Waals surface area contributed by atoms with E-state index in [1.807, 2.05) is 11.8 Å². The van der Waals surface area contributed by atoms with Gasteiger partial charge in [-0.1, -0.05) is 70.0 Å². The lowest BCUT2D eigenvalue weighted by molar-refractivity contribution is -0.255. The molecule has 6 heteroatoms. The van der Waals surface area contributed by atoms with Gasteiger partial charge >= 0.3 is 0 Å². The fourth-order valence-corrected chi connectivity index (χ4v) is 6.37. The zero-order valence-corrected chi connectivity index (χ0v) is 22.7. The number of unbranched alkanes of at least 4 members (excludes halogenated alkanes) is 2. The maximum absolute atomic E-state index is 11.0. The average molecular weight is 515 g/mol. The third-order valence-corrected chi connectivity index (χ3v) is 8.57. The van der Waals surface area contributed by atoms with Gasteiger partial charge in [-0.15, -0.1) is 11.8 Å². The number of ether oxygens (including phenoxy) is 3. The standard InChI is InChI=1S/C30H42O5S/c1-4-7-15-33-29-27(32)25(18-31)35-28(30(29)34-16-8-5-2)22-13-14-26-23(17-22)24(19-36-26)21-11-9-20(6-3)10-12-21/h9-14,17,24-25,27-32H,4-8,15-16,18-19H2,1-3H3. The zero-order valence-electron chi connectivity index (χ0n) is 21.9. The van der Waals surface area contributed by atoms with Gasteiger partial charge in [-0.05, 0) is 47.6 Å². The second kappa shape index (κ2) is 13.4. The summed E-state index contributed by atoms with van der Waals surface area (Å²) in [6.45, 7) is 7.30. The highest BCUT2D eigenvalue weighted by Gasteiger charge is 2.47. The van der Waals surface area contributed by atoms with E-state index in [2.05, 4.69) is 63.2 Å². The smallest absolute Gasteiger partial charge is 0.117 e. The molecule has 0 bridgehead atoms. The van der Waals surface area contributed by atoms with Gasteiger partial charge in [0.25, 0.3) is 0 Å². The first-order valence-corrected chi connectivity index (χ1v) is 14.6. The van der Waals surface area contributed by atoms with Crippen molar-refractivity contribution < 1.29 is 24.4 Å². The maximum atomic E-state index is 11.0. The summed E-state index contributed by atoms with van der Waals surface area (Å²) in [5, 5.41) is 21.0. The van der Waals surface area contributed by atoms with Gasteiger partial charge in [0.2, 0.25) is 0 Å². The summed E-state index contributed by atoms with van der Waals surface area (Å²) in [5.41, 5.74) is 5.01. The van der Waals surface area contributed by atoms with Crippen molar-refractivity contribution in [2.24, 2.45) is 0 Å². The molecule has 2 aromatic carbocycles. The summed E-state index contributed by atoms with van der Waals surface area (Å²) in [6.07, 6.45) is 1.84. The van der Waals surface area contributed by atoms with Crippen LogP contribution in [-0.2, 0) is 20.6 Å². The van der Waals surface area contributed by atoms with Crippen molar-refractivity contribution in [3.8, 4) is 0 Å². The predicted octanol–water partition coefficient (Wildman–Crippen LogP) is 5.65. The molecule has 2 heterocycles. The van der Waals surface area contributed by atoms with Crippen molar-refractivity contribution in [2.75, 3.05) is 25.6 Å². The highest BCUT2D eigenvalue weighted by atomic mass is 32.2. The number of hydrogen-bond donors (Lipinski definition) is 2. The highest BCUT2D eigenvalue weighted by molar-refractivity contribution is 7.99. The number of aryl methyl sites for hydroxylation is 1. The van der Waals surface area contributed by atoms with Crippen LogP contribution in [0.2, 0.25) is 0 Å². The zero-order chi connectivity index (χ0) is 25.5. The Morgan fingerprint density at radius 3 is 2.22 bits per heavy atom. The Balaban J connectivity index is 1.65. The molecule has 6 unspecified atom stereocenters. The minimum absolute atomic E-state index is 0.264. The predicted molar refractivity (Wildman–Crippen MR) is 145 cm³/mol. The van der Waals surface area contributed by atoms with E-state index in [9.17, 15) is 10.2 Å². The van der Waals surface area contributed by atoms with Crippen molar-refractivity contribution >= 4 is 11.8 Å². The molecule has 6 atom stereocenters. The molecule has 0 radical (unpaired) electrons. The van der Waals surface area contributed by atoms with Crippen molar-refractivity contribution in [2.45, 2.75) is 94.2 Å². The second-order valence-electron chi connectivity index (χ2n) is 9.90. The van der Waals surface area contributed by atoms with E-state index in [4.69, 9.17) is 14.2 Å². The van der Waals surface area contributed by atoms with Crippen LogP contribution in [0, 0.1) is 0 Å². The van der Waals surface area contributed by atoms with E-state index in [1.54, 1.807) is 0 Å². The molecule has 0 aromatic heterocycles. The van der Waals surface area contributed by atoms with Gasteiger partial charge in [-0.25, -0.2) is 0 Å². The fourth-order valence-electron chi connectivity index (χ4n) is 5.12. The lowest BCUT2D eigenvalue weighted by atomic mass is 9.87. The number of aliphatic hydroxyl groups is 2. The second-order valence-corrected chi connectivity index (χ2v) is 11.0. The van der Waals surface area contributed by atoms with Gasteiger partial charge in [-0.3, -0.25) is 0 Å². The molecule has 2 aliphatic heterocycles. The minimum atomic E-state index is -0.940. The van der Waals surface area contributed by atoms with Crippen LogP contribution >= 0.6 is 11.8 Å². The normalized spacial score (nSPS) is 27.8. The molecule has 1 saturated heterocycles. The molecule has 0 spiro atoms. The number of thioether (sulfide) groups is 1. The number of aliphatic hydroxyl groups excluding tert-OH is 2. The summed E-state index contributed by atoms with van der Waals surface area (Å²) in [6, 6.07) is 15.5. The molecule has 0 aliphatic carbocycles. The van der Waals surface area contributed by atoms with E-state index >= 15 is 0 Å². The number of benzene rings is 2. The first kappa shape index (κ1) is 27.6. The van der Waals surface area contributed by atoms with E-state index < -0.39 is 30.5 Å². The summed E-state index contributed by atoms with van der Waals surface area (Å²) in [7, 11) is 0. The monoisotopic (exact) mass is 514 g/mol. The SMILES string of the molecule is CCCCOC1C(c2ccc3c(c2)C(c2ccc(CC)cc2)CS3)OC(CO)C(O)C1OCCCC. The Bertz CT molecular complexity index is 949. The quantitative estimate of drug-likeness (QED) is 0.357. The first-order valence-electron chi connectivity index (χ1n) is 13.6.